The predicted octanol–water partition coefficient (Wildman–Crippen LogP) is 5.00. The first-order chi connectivity index (χ1) is 16.5. The van der Waals surface area contributed by atoms with Gasteiger partial charge in [0.15, 0.2) is 16.8 Å². The molecule has 0 aliphatic carbocycles. The smallest absolute Gasteiger partial charge is 0.264 e. The topological polar surface area (TPSA) is 62.5 Å². The number of thioether (sulfide) groups is 1. The van der Waals surface area contributed by atoms with E-state index in [1.807, 2.05) is 25.1 Å². The molecule has 1 aromatic heterocycles. The highest BCUT2D eigenvalue weighted by molar-refractivity contribution is 8.18. The van der Waals surface area contributed by atoms with Gasteiger partial charge >= 0.3 is 0 Å². The number of amidine groups is 1. The molecule has 2 fully saturated rings. The largest absolute Gasteiger partial charge is 0.327 e. The summed E-state index contributed by atoms with van der Waals surface area (Å²) in [6.45, 7) is 6.16. The highest BCUT2D eigenvalue weighted by atomic mass is 32.2. The third kappa shape index (κ3) is 4.76. The molecule has 2 aromatic carbocycles. The van der Waals surface area contributed by atoms with Crippen LogP contribution in [0, 0.1) is 18.6 Å². The first-order valence-electron chi connectivity index (χ1n) is 11.4. The molecule has 1 amide bonds. The van der Waals surface area contributed by atoms with Crippen LogP contribution in [-0.4, -0.2) is 45.2 Å². The van der Waals surface area contributed by atoms with Crippen LogP contribution in [0.4, 0.5) is 14.5 Å². The third-order valence-corrected chi connectivity index (χ3v) is 7.06. The number of aryl methyl sites for hydroxylation is 1. The van der Waals surface area contributed by atoms with Crippen molar-refractivity contribution in [2.24, 2.45) is 4.99 Å². The van der Waals surface area contributed by atoms with Gasteiger partial charge in [0.05, 0.1) is 15.9 Å². The molecule has 9 heteroatoms. The van der Waals surface area contributed by atoms with Gasteiger partial charge in [0, 0.05) is 13.1 Å². The molecule has 0 spiro atoms. The lowest BCUT2D eigenvalue weighted by Crippen LogP contribution is -2.32. The van der Waals surface area contributed by atoms with Crippen molar-refractivity contribution in [3.05, 3.63) is 64.3 Å². The van der Waals surface area contributed by atoms with Crippen LogP contribution in [0.15, 0.2) is 46.3 Å². The number of aromatic nitrogens is 2. The average molecular weight is 482 g/mol. The molecule has 0 saturated carbocycles. The number of carbonyl (C=O) groups is 1. The number of piperidine rings is 1. The number of aliphatic imine (C=N–C) groups is 1. The van der Waals surface area contributed by atoms with E-state index in [-0.39, 0.29) is 11.1 Å². The summed E-state index contributed by atoms with van der Waals surface area (Å²) in [5.74, 6) is -0.946. The monoisotopic (exact) mass is 481 g/mol. The highest BCUT2D eigenvalue weighted by Crippen LogP contribution is 2.30. The van der Waals surface area contributed by atoms with Crippen molar-refractivity contribution in [3.63, 3.8) is 0 Å². The van der Waals surface area contributed by atoms with Gasteiger partial charge in [-0.1, -0.05) is 18.6 Å². The van der Waals surface area contributed by atoms with E-state index in [0.717, 1.165) is 72.5 Å². The van der Waals surface area contributed by atoms with Gasteiger partial charge in [-0.05, 0) is 80.5 Å². The Hall–Kier alpha value is -3.04. The maximum atomic E-state index is 13.9. The number of carbonyl (C=O) groups excluding carboxylic acids is 1. The average Bonchev–Trinajstić information content (AvgIpc) is 3.33. The van der Waals surface area contributed by atoms with Gasteiger partial charge in [0.2, 0.25) is 0 Å². The van der Waals surface area contributed by atoms with Crippen LogP contribution in [0.25, 0.3) is 17.1 Å². The summed E-state index contributed by atoms with van der Waals surface area (Å²) in [5, 5.41) is 2.73. The summed E-state index contributed by atoms with van der Waals surface area (Å²) >= 11 is 1.06. The molecule has 6 nitrogen and oxygen atoms in total. The normalized spacial score (nSPS) is 19.4. The zero-order valence-electron chi connectivity index (χ0n) is 18.9. The number of halogens is 2. The fraction of sp³-hybridized carbons (Fsp3) is 0.320. The number of benzene rings is 2. The van der Waals surface area contributed by atoms with E-state index in [2.05, 4.69) is 24.8 Å². The predicted molar refractivity (Wildman–Crippen MR) is 132 cm³/mol. The van der Waals surface area contributed by atoms with Crippen molar-refractivity contribution < 1.29 is 13.6 Å². The molecular weight excluding hydrogens is 456 g/mol. The van der Waals surface area contributed by atoms with E-state index in [1.165, 1.54) is 25.3 Å². The number of hydrogen-bond acceptors (Lipinski definition) is 5. The fourth-order valence-electron chi connectivity index (χ4n) is 4.39. The molecule has 5 rings (SSSR count). The van der Waals surface area contributed by atoms with Crippen molar-refractivity contribution in [1.82, 2.24) is 19.8 Å². The Morgan fingerprint density at radius 2 is 1.88 bits per heavy atom. The Labute approximate surface area is 200 Å². The van der Waals surface area contributed by atoms with Crippen molar-refractivity contribution >= 4 is 45.6 Å². The number of amides is 1. The summed E-state index contributed by atoms with van der Waals surface area (Å²) in [4.78, 5) is 24.0. The number of imidazole rings is 1. The van der Waals surface area contributed by atoms with Crippen molar-refractivity contribution in [3.8, 4) is 0 Å². The molecule has 2 aliphatic heterocycles. The van der Waals surface area contributed by atoms with E-state index in [4.69, 9.17) is 0 Å². The number of hydrogen-bond donors (Lipinski definition) is 1. The van der Waals surface area contributed by atoms with Crippen molar-refractivity contribution in [2.75, 3.05) is 19.6 Å². The lowest BCUT2D eigenvalue weighted by Gasteiger charge is -2.26. The van der Waals surface area contributed by atoms with Gasteiger partial charge in [-0.25, -0.2) is 18.8 Å². The third-order valence-electron chi connectivity index (χ3n) is 6.15. The summed E-state index contributed by atoms with van der Waals surface area (Å²) in [7, 11) is 0. The van der Waals surface area contributed by atoms with E-state index in [9.17, 15) is 13.6 Å². The minimum atomic E-state index is -0.779. The van der Waals surface area contributed by atoms with Crippen molar-refractivity contribution in [2.45, 2.75) is 32.7 Å². The number of likely N-dealkylation sites (tertiary alicyclic amines) is 1. The van der Waals surface area contributed by atoms with E-state index < -0.39 is 17.3 Å². The number of fused-ring (bicyclic) bond motifs is 1. The summed E-state index contributed by atoms with van der Waals surface area (Å²) in [6, 6.07) is 9.43. The van der Waals surface area contributed by atoms with Gasteiger partial charge in [-0.3, -0.25) is 4.79 Å². The molecule has 3 heterocycles. The number of para-hydroxylation sites is 1. The quantitative estimate of drug-likeness (QED) is 0.521. The fourth-order valence-corrected chi connectivity index (χ4v) is 5.21. The van der Waals surface area contributed by atoms with Crippen LogP contribution in [0.2, 0.25) is 0 Å². The van der Waals surface area contributed by atoms with Crippen LogP contribution in [0.5, 0.6) is 0 Å². The molecule has 0 radical (unpaired) electrons. The van der Waals surface area contributed by atoms with Crippen LogP contribution in [-0.2, 0) is 11.3 Å². The first-order valence-corrected chi connectivity index (χ1v) is 12.2. The Morgan fingerprint density at radius 1 is 1.12 bits per heavy atom. The van der Waals surface area contributed by atoms with Crippen LogP contribution >= 0.6 is 11.8 Å². The Kier molecular flexibility index (Phi) is 6.47. The lowest BCUT2D eigenvalue weighted by atomic mass is 10.1. The van der Waals surface area contributed by atoms with Gasteiger partial charge in [-0.2, -0.15) is 0 Å². The van der Waals surface area contributed by atoms with E-state index >= 15 is 0 Å². The van der Waals surface area contributed by atoms with Crippen LogP contribution in [0.3, 0.4) is 0 Å². The SMILES string of the molecule is Cc1nc2ccc(/C=C3/SC(=Nc4c(F)cccc4F)NC3=O)cc2n1CCN1CCCCC1. The van der Waals surface area contributed by atoms with Gasteiger partial charge in [0.1, 0.15) is 11.5 Å². The minimum absolute atomic E-state index is 0.142. The second-order valence-electron chi connectivity index (χ2n) is 8.51. The summed E-state index contributed by atoms with van der Waals surface area (Å²) in [5.41, 5.74) is 2.37. The number of nitrogens with zero attached hydrogens (tertiary/aromatic N) is 4. The molecule has 2 aliphatic rings. The molecule has 1 N–H and O–H groups in total. The molecular formula is C25H25F2N5OS. The zero-order chi connectivity index (χ0) is 23.7. The second-order valence-corrected chi connectivity index (χ2v) is 9.54. The van der Waals surface area contributed by atoms with Gasteiger partial charge < -0.3 is 14.8 Å². The second kappa shape index (κ2) is 9.68. The van der Waals surface area contributed by atoms with Crippen molar-refractivity contribution in [1.29, 1.82) is 0 Å². The summed E-state index contributed by atoms with van der Waals surface area (Å²) in [6.07, 6.45) is 5.59. The van der Waals surface area contributed by atoms with E-state index in [1.54, 1.807) is 6.08 Å². The molecule has 0 atom stereocenters. The minimum Gasteiger partial charge on any atom is -0.327 e. The Bertz CT molecular complexity index is 1290. The molecule has 34 heavy (non-hydrogen) atoms. The molecule has 0 unspecified atom stereocenters. The highest BCUT2D eigenvalue weighted by Gasteiger charge is 2.25. The Morgan fingerprint density at radius 3 is 2.65 bits per heavy atom. The van der Waals surface area contributed by atoms with Gasteiger partial charge in [-0.15, -0.1) is 0 Å². The maximum Gasteiger partial charge on any atom is 0.264 e. The Balaban J connectivity index is 1.38. The molecule has 2 saturated heterocycles. The number of nitrogens with one attached hydrogen (secondary N) is 1. The molecule has 176 valence electrons. The zero-order valence-corrected chi connectivity index (χ0v) is 19.7. The standard InChI is InChI=1S/C25H25F2N5OS/c1-16-28-20-9-8-17(14-21(20)32(16)13-12-31-10-3-2-4-11-31)15-22-24(33)30-25(34-22)29-23-18(26)6-5-7-19(23)27/h5-9,14-15H,2-4,10-13H2,1H3,(H,29,30,33)/b22-15+. The van der Waals surface area contributed by atoms with Gasteiger partial charge in [0.25, 0.3) is 5.91 Å². The van der Waals surface area contributed by atoms with Crippen LogP contribution in [0.1, 0.15) is 30.7 Å². The number of rotatable bonds is 5. The molecule has 3 aromatic rings. The molecule has 0 bridgehead atoms. The van der Waals surface area contributed by atoms with Crippen LogP contribution < -0.4 is 5.32 Å². The van der Waals surface area contributed by atoms with E-state index in [0.29, 0.717) is 4.91 Å². The maximum absolute atomic E-state index is 13.9. The first kappa shape index (κ1) is 22.7. The lowest BCUT2D eigenvalue weighted by molar-refractivity contribution is -0.115. The summed E-state index contributed by atoms with van der Waals surface area (Å²) < 4.78 is 30.1.